The number of hydrogen-bond donors (Lipinski definition) is 0. The van der Waals surface area contributed by atoms with E-state index in [1.807, 2.05) is 0 Å². The van der Waals surface area contributed by atoms with E-state index in [4.69, 9.17) is 37.9 Å². The van der Waals surface area contributed by atoms with Gasteiger partial charge in [-0.05, 0) is 0 Å². The maximum absolute atomic E-state index is 12.5. The van der Waals surface area contributed by atoms with E-state index in [1.165, 1.54) is 18.2 Å². The molecule has 0 saturated carbocycles. The summed E-state index contributed by atoms with van der Waals surface area (Å²) in [5.41, 5.74) is 0. The van der Waals surface area contributed by atoms with E-state index in [9.17, 15) is 28.8 Å². The minimum Gasteiger partial charge on any atom is -0.467 e. The lowest BCUT2D eigenvalue weighted by Crippen LogP contribution is -2.64. The molecule has 37 heavy (non-hydrogen) atoms. The van der Waals surface area contributed by atoms with Gasteiger partial charge >= 0.3 is 35.8 Å². The van der Waals surface area contributed by atoms with Crippen molar-refractivity contribution < 1.29 is 66.7 Å². The lowest BCUT2D eigenvalue weighted by atomic mass is 9.97. The summed E-state index contributed by atoms with van der Waals surface area (Å²) in [7, 11) is 1.04. The zero-order valence-electron chi connectivity index (χ0n) is 20.8. The van der Waals surface area contributed by atoms with Gasteiger partial charge in [-0.2, -0.15) is 0 Å². The number of carbonyl (C=O) groups excluding carboxylic acids is 6. The van der Waals surface area contributed by atoms with Crippen molar-refractivity contribution in [1.29, 1.82) is 0 Å². The first kappa shape index (κ1) is 29.0. The van der Waals surface area contributed by atoms with Crippen molar-refractivity contribution in [2.45, 2.75) is 65.3 Å². The Hall–Kier alpha value is -4.20. The van der Waals surface area contributed by atoms with Crippen molar-refractivity contribution in [2.24, 2.45) is 0 Å². The smallest absolute Gasteiger partial charge is 0.339 e. The first-order chi connectivity index (χ1) is 17.3. The maximum atomic E-state index is 12.5. The largest absolute Gasteiger partial charge is 0.467 e. The number of esters is 6. The SMILES string of the molecule is COC(=O)[C@H]1O[C@@H](Oc2cc(OC(C)=O)cc(OC(C)=O)c2)[C@H](OC(C)=O)[C@@H](OC(C)=O)[C@@H]1OC(C)=O. The topological polar surface area (TPSA) is 176 Å². The number of ether oxygens (including phenoxy) is 8. The van der Waals surface area contributed by atoms with Crippen LogP contribution in [0.5, 0.6) is 17.2 Å². The van der Waals surface area contributed by atoms with Gasteiger partial charge in [0.05, 0.1) is 7.11 Å². The highest BCUT2D eigenvalue weighted by atomic mass is 16.7. The number of rotatable bonds is 8. The molecule has 1 aromatic carbocycles. The highest BCUT2D eigenvalue weighted by Crippen LogP contribution is 2.34. The Balaban J connectivity index is 2.58. The third-order valence-corrected chi connectivity index (χ3v) is 4.46. The predicted octanol–water partition coefficient (Wildman–Crippen LogP) is 0.609. The lowest BCUT2D eigenvalue weighted by Gasteiger charge is -2.43. The normalized spacial score (nSPS) is 22.6. The summed E-state index contributed by atoms with van der Waals surface area (Å²) in [6.07, 6.45) is -8.07. The van der Waals surface area contributed by atoms with Crippen LogP contribution in [0.4, 0.5) is 0 Å². The van der Waals surface area contributed by atoms with Gasteiger partial charge in [0.2, 0.25) is 12.4 Å². The third kappa shape index (κ3) is 8.45. The Labute approximate surface area is 211 Å². The average Bonchev–Trinajstić information content (AvgIpc) is 2.75. The van der Waals surface area contributed by atoms with Crippen molar-refractivity contribution in [3.05, 3.63) is 18.2 Å². The third-order valence-electron chi connectivity index (χ3n) is 4.46. The van der Waals surface area contributed by atoms with Gasteiger partial charge in [0, 0.05) is 52.8 Å². The van der Waals surface area contributed by atoms with Gasteiger partial charge in [-0.1, -0.05) is 0 Å². The number of hydrogen-bond acceptors (Lipinski definition) is 14. The summed E-state index contributed by atoms with van der Waals surface area (Å²) < 4.78 is 41.9. The first-order valence-corrected chi connectivity index (χ1v) is 10.7. The zero-order chi connectivity index (χ0) is 27.9. The molecule has 0 aromatic heterocycles. The molecule has 14 heteroatoms. The van der Waals surface area contributed by atoms with E-state index in [2.05, 4.69) is 0 Å². The Morgan fingerprint density at radius 2 is 1.05 bits per heavy atom. The van der Waals surface area contributed by atoms with Crippen LogP contribution in [0.25, 0.3) is 0 Å². The standard InChI is InChI=1S/C23H26O14/c1-10(24)31-15-7-16(32-11(2)25)9-17(8-15)36-23-21(35-14(5)28)19(34-13(4)27)18(33-12(3)26)20(37-23)22(29)30-6/h7-9,18-21,23H,1-6H3/t18-,19-,20-,21+,23+/m0/s1. The van der Waals surface area contributed by atoms with Crippen LogP contribution in [0.3, 0.4) is 0 Å². The molecular weight excluding hydrogens is 500 g/mol. The molecular formula is C23H26O14. The fourth-order valence-electron chi connectivity index (χ4n) is 3.37. The van der Waals surface area contributed by atoms with Crippen molar-refractivity contribution >= 4 is 35.8 Å². The van der Waals surface area contributed by atoms with E-state index in [1.54, 1.807) is 0 Å². The summed E-state index contributed by atoms with van der Waals surface area (Å²) in [5, 5.41) is 0. The van der Waals surface area contributed by atoms with E-state index in [0.29, 0.717) is 0 Å². The molecule has 0 unspecified atom stereocenters. The summed E-state index contributed by atoms with van der Waals surface area (Å²) in [6, 6.07) is 3.67. The second kappa shape index (κ2) is 12.7. The number of benzene rings is 1. The predicted molar refractivity (Wildman–Crippen MR) is 117 cm³/mol. The van der Waals surface area contributed by atoms with Crippen molar-refractivity contribution in [1.82, 2.24) is 0 Å². The van der Waals surface area contributed by atoms with Gasteiger partial charge in [0.25, 0.3) is 0 Å². The van der Waals surface area contributed by atoms with Crippen LogP contribution in [0, 0.1) is 0 Å². The Kier molecular flexibility index (Phi) is 9.94. The quantitative estimate of drug-likeness (QED) is 0.261. The summed E-state index contributed by atoms with van der Waals surface area (Å²) in [6.45, 7) is 5.41. The maximum Gasteiger partial charge on any atom is 0.339 e. The molecule has 0 spiro atoms. The summed E-state index contributed by atoms with van der Waals surface area (Å²) in [5.74, 6) is -5.28. The van der Waals surface area contributed by atoms with Crippen molar-refractivity contribution in [3.63, 3.8) is 0 Å². The number of methoxy groups -OCH3 is 1. The van der Waals surface area contributed by atoms with Crippen LogP contribution in [0.2, 0.25) is 0 Å². The molecule has 0 amide bonds. The molecule has 1 aliphatic rings. The molecule has 1 aliphatic heterocycles. The van der Waals surface area contributed by atoms with Gasteiger partial charge in [0.15, 0.2) is 18.3 Å². The van der Waals surface area contributed by atoms with E-state index < -0.39 is 66.5 Å². The summed E-state index contributed by atoms with van der Waals surface area (Å²) >= 11 is 0. The molecule has 1 saturated heterocycles. The molecule has 0 radical (unpaired) electrons. The fourth-order valence-corrected chi connectivity index (χ4v) is 3.37. The Morgan fingerprint density at radius 3 is 1.49 bits per heavy atom. The van der Waals surface area contributed by atoms with Crippen LogP contribution in [-0.4, -0.2) is 73.6 Å². The highest BCUT2D eigenvalue weighted by molar-refractivity contribution is 5.77. The molecule has 0 aliphatic carbocycles. The fraction of sp³-hybridized carbons (Fsp3) is 0.478. The summed E-state index contributed by atoms with van der Waals surface area (Å²) in [4.78, 5) is 71.0. The van der Waals surface area contributed by atoms with Crippen LogP contribution in [0.1, 0.15) is 34.6 Å². The molecule has 2 rings (SSSR count). The lowest BCUT2D eigenvalue weighted by molar-refractivity contribution is -0.282. The highest BCUT2D eigenvalue weighted by Gasteiger charge is 2.55. The van der Waals surface area contributed by atoms with Gasteiger partial charge in [-0.15, -0.1) is 0 Å². The Bertz CT molecular complexity index is 1030. The molecule has 1 heterocycles. The van der Waals surface area contributed by atoms with E-state index >= 15 is 0 Å². The minimum atomic E-state index is -1.68. The molecule has 202 valence electrons. The number of carbonyl (C=O) groups is 6. The van der Waals surface area contributed by atoms with Crippen molar-refractivity contribution in [3.8, 4) is 17.2 Å². The monoisotopic (exact) mass is 526 g/mol. The van der Waals surface area contributed by atoms with Gasteiger partial charge in [0.1, 0.15) is 17.2 Å². The van der Waals surface area contributed by atoms with Gasteiger partial charge in [-0.25, -0.2) is 4.79 Å². The van der Waals surface area contributed by atoms with Crippen LogP contribution in [0.15, 0.2) is 18.2 Å². The molecule has 1 fully saturated rings. The molecule has 14 nitrogen and oxygen atoms in total. The molecule has 0 N–H and O–H groups in total. The molecule has 5 atom stereocenters. The van der Waals surface area contributed by atoms with Crippen LogP contribution in [-0.2, 0) is 52.5 Å². The van der Waals surface area contributed by atoms with Crippen LogP contribution < -0.4 is 14.2 Å². The van der Waals surface area contributed by atoms with Gasteiger partial charge < -0.3 is 37.9 Å². The average molecular weight is 526 g/mol. The second-order valence-corrected chi connectivity index (χ2v) is 7.62. The second-order valence-electron chi connectivity index (χ2n) is 7.62. The Morgan fingerprint density at radius 1 is 0.622 bits per heavy atom. The minimum absolute atomic E-state index is 0.0834. The van der Waals surface area contributed by atoms with Crippen molar-refractivity contribution in [2.75, 3.05) is 7.11 Å². The van der Waals surface area contributed by atoms with E-state index in [0.717, 1.165) is 41.7 Å². The zero-order valence-corrected chi connectivity index (χ0v) is 20.8. The molecule has 0 bridgehead atoms. The van der Waals surface area contributed by atoms with E-state index in [-0.39, 0.29) is 17.2 Å². The van der Waals surface area contributed by atoms with Gasteiger partial charge in [-0.3, -0.25) is 24.0 Å². The van der Waals surface area contributed by atoms with Crippen LogP contribution >= 0.6 is 0 Å². The molecule has 1 aromatic rings. The first-order valence-electron chi connectivity index (χ1n) is 10.7.